The molecule has 0 bridgehead atoms. The summed E-state index contributed by atoms with van der Waals surface area (Å²) in [5.74, 6) is 1.55. The lowest BCUT2D eigenvalue weighted by atomic mass is 10.1. The van der Waals surface area contributed by atoms with Crippen LogP contribution in [0.15, 0.2) is 48.5 Å². The smallest absolute Gasteiger partial charge is 0.208 e. The molecule has 0 spiro atoms. The van der Waals surface area contributed by atoms with Crippen LogP contribution in [0.5, 0.6) is 0 Å². The van der Waals surface area contributed by atoms with E-state index in [0.717, 1.165) is 35.5 Å². The summed E-state index contributed by atoms with van der Waals surface area (Å²) >= 11 is 5.76. The van der Waals surface area contributed by atoms with E-state index >= 15 is 0 Å². The minimum atomic E-state index is 0.697. The number of para-hydroxylation sites is 2. The van der Waals surface area contributed by atoms with E-state index in [9.17, 15) is 0 Å². The van der Waals surface area contributed by atoms with E-state index in [-0.39, 0.29) is 0 Å². The second-order valence-electron chi connectivity index (χ2n) is 5.10. The van der Waals surface area contributed by atoms with Crippen LogP contribution in [0.3, 0.4) is 0 Å². The van der Waals surface area contributed by atoms with Crippen molar-refractivity contribution < 1.29 is 0 Å². The number of fused-ring (bicyclic) bond motifs is 1. The molecule has 0 fully saturated rings. The van der Waals surface area contributed by atoms with Gasteiger partial charge in [0.05, 0.1) is 11.0 Å². The van der Waals surface area contributed by atoms with E-state index in [1.54, 1.807) is 0 Å². The van der Waals surface area contributed by atoms with Gasteiger partial charge in [-0.2, -0.15) is 0 Å². The van der Waals surface area contributed by atoms with E-state index < -0.39 is 0 Å². The van der Waals surface area contributed by atoms with Crippen molar-refractivity contribution in [1.82, 2.24) is 9.55 Å². The Kier molecular flexibility index (Phi) is 4.11. The Morgan fingerprint density at radius 2 is 2.00 bits per heavy atom. The molecule has 0 radical (unpaired) electrons. The van der Waals surface area contributed by atoms with Gasteiger partial charge in [0.1, 0.15) is 0 Å². The highest BCUT2D eigenvalue weighted by molar-refractivity contribution is 6.17. The van der Waals surface area contributed by atoms with Crippen LogP contribution in [0.4, 0.5) is 11.6 Å². The molecule has 1 heterocycles. The maximum absolute atomic E-state index is 5.76. The lowest BCUT2D eigenvalue weighted by Crippen LogP contribution is -1.99. The number of hydrogen-bond acceptors (Lipinski definition) is 2. The highest BCUT2D eigenvalue weighted by Gasteiger charge is 2.07. The van der Waals surface area contributed by atoms with Crippen LogP contribution >= 0.6 is 11.6 Å². The Morgan fingerprint density at radius 1 is 1.14 bits per heavy atom. The largest absolute Gasteiger partial charge is 0.326 e. The fourth-order valence-corrected chi connectivity index (χ4v) is 2.60. The zero-order valence-electron chi connectivity index (χ0n) is 12.0. The Morgan fingerprint density at radius 3 is 2.81 bits per heavy atom. The summed E-state index contributed by atoms with van der Waals surface area (Å²) in [5.41, 5.74) is 4.47. The molecule has 108 valence electrons. The van der Waals surface area contributed by atoms with Crippen molar-refractivity contribution in [3.05, 3.63) is 54.1 Å². The number of nitrogens with one attached hydrogen (secondary N) is 1. The molecule has 1 aromatic heterocycles. The molecule has 0 atom stereocenters. The first-order chi connectivity index (χ1) is 10.3. The second-order valence-corrected chi connectivity index (χ2v) is 5.48. The first-order valence-electron chi connectivity index (χ1n) is 7.11. The normalized spacial score (nSPS) is 11.0. The van der Waals surface area contributed by atoms with Gasteiger partial charge in [-0.25, -0.2) is 4.98 Å². The maximum atomic E-state index is 5.76. The zero-order valence-corrected chi connectivity index (χ0v) is 12.8. The van der Waals surface area contributed by atoms with Gasteiger partial charge in [-0.15, -0.1) is 11.6 Å². The predicted octanol–water partition coefficient (Wildman–Crippen LogP) is 4.49. The minimum Gasteiger partial charge on any atom is -0.326 e. The Labute approximate surface area is 129 Å². The SMILES string of the molecule is Cn1c(Nc2cccc(CCCCl)c2)nc2ccccc21. The van der Waals surface area contributed by atoms with Crippen molar-refractivity contribution in [3.8, 4) is 0 Å². The molecule has 2 aromatic carbocycles. The average molecular weight is 300 g/mol. The number of aryl methyl sites for hydroxylation is 2. The highest BCUT2D eigenvalue weighted by atomic mass is 35.5. The van der Waals surface area contributed by atoms with E-state index in [0.29, 0.717) is 5.88 Å². The molecule has 0 aliphatic carbocycles. The monoisotopic (exact) mass is 299 g/mol. The molecule has 0 amide bonds. The molecule has 0 unspecified atom stereocenters. The minimum absolute atomic E-state index is 0.697. The standard InChI is InChI=1S/C17H18ClN3/c1-21-16-10-3-2-9-15(16)20-17(21)19-14-8-4-6-13(12-14)7-5-11-18/h2-4,6,8-10,12H,5,7,11H2,1H3,(H,19,20). The van der Waals surface area contributed by atoms with Crippen LogP contribution < -0.4 is 5.32 Å². The molecular weight excluding hydrogens is 282 g/mol. The molecule has 1 N–H and O–H groups in total. The Hall–Kier alpha value is -2.00. The number of aromatic nitrogens is 2. The molecule has 0 saturated carbocycles. The van der Waals surface area contributed by atoms with Gasteiger partial charge < -0.3 is 9.88 Å². The quantitative estimate of drug-likeness (QED) is 0.704. The van der Waals surface area contributed by atoms with Crippen molar-refractivity contribution in [2.45, 2.75) is 12.8 Å². The summed E-state index contributed by atoms with van der Waals surface area (Å²) < 4.78 is 2.07. The van der Waals surface area contributed by atoms with Crippen molar-refractivity contribution in [3.63, 3.8) is 0 Å². The van der Waals surface area contributed by atoms with Crippen LogP contribution in [0, 0.1) is 0 Å². The third kappa shape index (κ3) is 3.03. The first kappa shape index (κ1) is 14.0. The molecule has 0 saturated heterocycles. The van der Waals surface area contributed by atoms with Crippen LogP contribution in [0.25, 0.3) is 11.0 Å². The van der Waals surface area contributed by atoms with Gasteiger partial charge in [0.25, 0.3) is 0 Å². The van der Waals surface area contributed by atoms with Crippen molar-refractivity contribution >= 4 is 34.3 Å². The first-order valence-corrected chi connectivity index (χ1v) is 7.65. The summed E-state index contributed by atoms with van der Waals surface area (Å²) in [5, 5.41) is 3.40. The fourth-order valence-electron chi connectivity index (χ4n) is 2.46. The molecule has 3 nitrogen and oxygen atoms in total. The average Bonchev–Trinajstić information content (AvgIpc) is 2.82. The Balaban J connectivity index is 1.86. The number of hydrogen-bond donors (Lipinski definition) is 1. The van der Waals surface area contributed by atoms with Crippen LogP contribution in [-0.4, -0.2) is 15.4 Å². The lowest BCUT2D eigenvalue weighted by molar-refractivity contribution is 0.928. The summed E-state index contributed by atoms with van der Waals surface area (Å²) in [6.45, 7) is 0. The van der Waals surface area contributed by atoms with Crippen LogP contribution in [-0.2, 0) is 13.5 Å². The summed E-state index contributed by atoms with van der Waals surface area (Å²) in [4.78, 5) is 4.63. The predicted molar refractivity (Wildman–Crippen MR) is 89.5 cm³/mol. The number of anilines is 2. The summed E-state index contributed by atoms with van der Waals surface area (Å²) in [7, 11) is 2.02. The topological polar surface area (TPSA) is 29.9 Å². The number of alkyl halides is 1. The maximum Gasteiger partial charge on any atom is 0.208 e. The molecular formula is C17H18ClN3. The molecule has 4 heteroatoms. The van der Waals surface area contributed by atoms with Crippen molar-refractivity contribution in [1.29, 1.82) is 0 Å². The number of nitrogens with zero attached hydrogens (tertiary/aromatic N) is 2. The van der Waals surface area contributed by atoms with Crippen LogP contribution in [0.2, 0.25) is 0 Å². The van der Waals surface area contributed by atoms with E-state index in [4.69, 9.17) is 11.6 Å². The van der Waals surface area contributed by atoms with E-state index in [2.05, 4.69) is 45.2 Å². The van der Waals surface area contributed by atoms with Crippen molar-refractivity contribution in [2.24, 2.45) is 7.05 Å². The molecule has 3 aromatic rings. The van der Waals surface area contributed by atoms with E-state index in [1.807, 2.05) is 25.2 Å². The lowest BCUT2D eigenvalue weighted by Gasteiger charge is -2.08. The van der Waals surface area contributed by atoms with Gasteiger partial charge in [-0.05, 0) is 42.7 Å². The fraction of sp³-hybridized carbons (Fsp3) is 0.235. The number of imidazole rings is 1. The van der Waals surface area contributed by atoms with Gasteiger partial charge in [0, 0.05) is 18.6 Å². The molecule has 0 aliphatic rings. The molecule has 21 heavy (non-hydrogen) atoms. The third-order valence-electron chi connectivity index (χ3n) is 3.57. The zero-order chi connectivity index (χ0) is 14.7. The second kappa shape index (κ2) is 6.19. The van der Waals surface area contributed by atoms with Gasteiger partial charge in [0.15, 0.2) is 0 Å². The van der Waals surface area contributed by atoms with Gasteiger partial charge in [-0.3, -0.25) is 0 Å². The highest BCUT2D eigenvalue weighted by Crippen LogP contribution is 2.22. The van der Waals surface area contributed by atoms with Gasteiger partial charge in [0.2, 0.25) is 5.95 Å². The van der Waals surface area contributed by atoms with Crippen molar-refractivity contribution in [2.75, 3.05) is 11.2 Å². The van der Waals surface area contributed by atoms with E-state index in [1.165, 1.54) is 5.56 Å². The summed E-state index contributed by atoms with van der Waals surface area (Å²) in [6, 6.07) is 16.5. The summed E-state index contributed by atoms with van der Waals surface area (Å²) in [6.07, 6.45) is 2.00. The number of halogens is 1. The van der Waals surface area contributed by atoms with Gasteiger partial charge in [-0.1, -0.05) is 24.3 Å². The number of rotatable bonds is 5. The molecule has 3 rings (SSSR count). The van der Waals surface area contributed by atoms with Gasteiger partial charge >= 0.3 is 0 Å². The molecule has 0 aliphatic heterocycles. The van der Waals surface area contributed by atoms with Crippen LogP contribution in [0.1, 0.15) is 12.0 Å². The Bertz CT molecular complexity index is 749. The number of benzene rings is 2. The third-order valence-corrected chi connectivity index (χ3v) is 3.84.